The molecule has 2 aliphatic carbocycles. The zero-order valence-electron chi connectivity index (χ0n) is 11.9. The molecule has 0 amide bonds. The van der Waals surface area contributed by atoms with Crippen molar-refractivity contribution >= 4 is 0 Å². The smallest absolute Gasteiger partial charge is 0.0558 e. The topological polar surface area (TPSA) is 49.5 Å². The van der Waals surface area contributed by atoms with E-state index in [1.807, 2.05) is 0 Å². The highest BCUT2D eigenvalue weighted by Gasteiger charge is 2.37. The molecule has 0 heterocycles. The number of nitrogens with zero attached hydrogens (tertiary/aromatic N) is 1. The van der Waals surface area contributed by atoms with E-state index in [4.69, 9.17) is 5.73 Å². The molecular formula is C15H30N2O. The van der Waals surface area contributed by atoms with Crippen molar-refractivity contribution in [3.63, 3.8) is 0 Å². The maximum absolute atomic E-state index is 9.27. The monoisotopic (exact) mass is 254 g/mol. The van der Waals surface area contributed by atoms with Crippen molar-refractivity contribution in [2.75, 3.05) is 26.2 Å². The second-order valence-corrected chi connectivity index (χ2v) is 6.68. The fourth-order valence-corrected chi connectivity index (χ4v) is 3.86. The number of aliphatic hydroxyl groups excluding tert-OH is 1. The van der Waals surface area contributed by atoms with Crippen molar-refractivity contribution in [2.45, 2.75) is 57.9 Å². The summed E-state index contributed by atoms with van der Waals surface area (Å²) in [5.74, 6) is 0.819. The largest absolute Gasteiger partial charge is 0.395 e. The first-order valence-electron chi connectivity index (χ1n) is 7.74. The van der Waals surface area contributed by atoms with Gasteiger partial charge in [0.25, 0.3) is 0 Å². The van der Waals surface area contributed by atoms with E-state index < -0.39 is 0 Å². The Labute approximate surface area is 112 Å². The van der Waals surface area contributed by atoms with Crippen molar-refractivity contribution in [2.24, 2.45) is 17.1 Å². The Morgan fingerprint density at radius 1 is 1.28 bits per heavy atom. The van der Waals surface area contributed by atoms with Crippen LogP contribution in [0.4, 0.5) is 0 Å². The Balaban J connectivity index is 1.97. The maximum atomic E-state index is 9.27. The molecule has 106 valence electrons. The first-order valence-corrected chi connectivity index (χ1v) is 7.74. The van der Waals surface area contributed by atoms with Gasteiger partial charge in [-0.1, -0.05) is 26.2 Å². The van der Waals surface area contributed by atoms with Gasteiger partial charge in [0.15, 0.2) is 0 Å². The van der Waals surface area contributed by atoms with Crippen LogP contribution in [0.5, 0.6) is 0 Å². The molecule has 0 radical (unpaired) electrons. The van der Waals surface area contributed by atoms with Crippen molar-refractivity contribution in [3.8, 4) is 0 Å². The van der Waals surface area contributed by atoms with E-state index in [0.717, 1.165) is 31.6 Å². The van der Waals surface area contributed by atoms with Crippen LogP contribution < -0.4 is 5.73 Å². The van der Waals surface area contributed by atoms with Gasteiger partial charge in [0.1, 0.15) is 0 Å². The molecule has 0 bridgehead atoms. The van der Waals surface area contributed by atoms with Gasteiger partial charge in [0.2, 0.25) is 0 Å². The normalized spacial score (nSPS) is 33.7. The predicted molar refractivity (Wildman–Crippen MR) is 75.4 cm³/mol. The van der Waals surface area contributed by atoms with E-state index in [-0.39, 0.29) is 6.61 Å². The van der Waals surface area contributed by atoms with Gasteiger partial charge in [0.05, 0.1) is 6.61 Å². The summed E-state index contributed by atoms with van der Waals surface area (Å²) >= 11 is 0. The van der Waals surface area contributed by atoms with E-state index in [1.54, 1.807) is 0 Å². The molecule has 2 atom stereocenters. The molecule has 3 nitrogen and oxygen atoms in total. The second-order valence-electron chi connectivity index (χ2n) is 6.68. The quantitative estimate of drug-likeness (QED) is 0.762. The zero-order chi connectivity index (χ0) is 13.0. The highest BCUT2D eigenvalue weighted by atomic mass is 16.3. The van der Waals surface area contributed by atoms with E-state index in [1.165, 1.54) is 44.9 Å². The molecule has 0 aromatic carbocycles. The van der Waals surface area contributed by atoms with E-state index in [0.29, 0.717) is 5.41 Å². The molecule has 2 saturated carbocycles. The third kappa shape index (κ3) is 3.25. The van der Waals surface area contributed by atoms with Crippen molar-refractivity contribution in [1.82, 2.24) is 4.90 Å². The maximum Gasteiger partial charge on any atom is 0.0558 e. The molecule has 2 aliphatic rings. The van der Waals surface area contributed by atoms with E-state index >= 15 is 0 Å². The summed E-state index contributed by atoms with van der Waals surface area (Å²) < 4.78 is 0. The molecule has 0 saturated heterocycles. The van der Waals surface area contributed by atoms with Gasteiger partial charge < -0.3 is 10.8 Å². The van der Waals surface area contributed by atoms with Crippen LogP contribution >= 0.6 is 0 Å². The lowest BCUT2D eigenvalue weighted by Crippen LogP contribution is -2.51. The summed E-state index contributed by atoms with van der Waals surface area (Å²) in [6.45, 7) is 5.40. The van der Waals surface area contributed by atoms with Crippen molar-refractivity contribution in [3.05, 3.63) is 0 Å². The molecule has 2 fully saturated rings. The van der Waals surface area contributed by atoms with Gasteiger partial charge in [-0.15, -0.1) is 0 Å². The number of hydrogen-bond acceptors (Lipinski definition) is 3. The van der Waals surface area contributed by atoms with Gasteiger partial charge >= 0.3 is 0 Å². The summed E-state index contributed by atoms with van der Waals surface area (Å²) in [6.07, 6.45) is 9.24. The number of hydrogen-bond donors (Lipinski definition) is 2. The van der Waals surface area contributed by atoms with Gasteiger partial charge in [-0.3, -0.25) is 4.90 Å². The highest BCUT2D eigenvalue weighted by Crippen LogP contribution is 2.40. The zero-order valence-corrected chi connectivity index (χ0v) is 11.9. The third-order valence-corrected chi connectivity index (χ3v) is 5.14. The lowest BCUT2D eigenvalue weighted by molar-refractivity contribution is 0.0290. The molecule has 3 N–H and O–H groups in total. The molecule has 3 heteroatoms. The number of nitrogens with two attached hydrogens (primary N) is 1. The van der Waals surface area contributed by atoms with E-state index in [9.17, 15) is 5.11 Å². The lowest BCUT2D eigenvalue weighted by Gasteiger charge is -2.46. The summed E-state index contributed by atoms with van der Waals surface area (Å²) in [6, 6.07) is 0.720. The summed E-state index contributed by atoms with van der Waals surface area (Å²) in [5, 5.41) is 9.27. The first kappa shape index (κ1) is 14.3. The molecule has 0 aromatic heterocycles. The highest BCUT2D eigenvalue weighted by molar-refractivity contribution is 4.92. The molecule has 2 unspecified atom stereocenters. The Morgan fingerprint density at radius 2 is 2.06 bits per heavy atom. The molecule has 0 spiro atoms. The fraction of sp³-hybridized carbons (Fsp3) is 1.00. The van der Waals surface area contributed by atoms with Crippen LogP contribution in [0, 0.1) is 11.3 Å². The summed E-state index contributed by atoms with van der Waals surface area (Å²) in [4.78, 5) is 2.52. The predicted octanol–water partition coefficient (Wildman–Crippen LogP) is 1.99. The van der Waals surface area contributed by atoms with Crippen molar-refractivity contribution in [1.29, 1.82) is 0 Å². The first-order chi connectivity index (χ1) is 8.69. The Hall–Kier alpha value is -0.120. The van der Waals surface area contributed by atoms with E-state index in [2.05, 4.69) is 11.8 Å². The molecule has 0 aromatic rings. The van der Waals surface area contributed by atoms with Gasteiger partial charge in [-0.25, -0.2) is 0 Å². The molecule has 0 aliphatic heterocycles. The van der Waals surface area contributed by atoms with Crippen LogP contribution in [-0.4, -0.2) is 42.3 Å². The minimum atomic E-state index is 0.284. The van der Waals surface area contributed by atoms with Crippen LogP contribution in [0.15, 0.2) is 0 Å². The molecular weight excluding hydrogens is 224 g/mol. The Morgan fingerprint density at radius 3 is 2.56 bits per heavy atom. The van der Waals surface area contributed by atoms with Crippen LogP contribution in [0.2, 0.25) is 0 Å². The van der Waals surface area contributed by atoms with Crippen molar-refractivity contribution < 1.29 is 5.11 Å². The Bertz CT molecular complexity index is 255. The summed E-state index contributed by atoms with van der Waals surface area (Å²) in [7, 11) is 0. The molecule has 18 heavy (non-hydrogen) atoms. The minimum absolute atomic E-state index is 0.284. The lowest BCUT2D eigenvalue weighted by atomic mass is 9.69. The minimum Gasteiger partial charge on any atom is -0.395 e. The molecule has 2 rings (SSSR count). The number of aliphatic hydroxyl groups is 1. The van der Waals surface area contributed by atoms with Gasteiger partial charge in [-0.05, 0) is 43.6 Å². The standard InChI is InChI=1S/C15H30N2O/c1-13-4-3-7-15(10-13,11-16)12-17(8-9-18)14-5-2-6-14/h13-14,18H,2-12,16H2,1H3. The number of rotatable bonds is 6. The average molecular weight is 254 g/mol. The van der Waals surface area contributed by atoms with Gasteiger partial charge in [-0.2, -0.15) is 0 Å². The van der Waals surface area contributed by atoms with Crippen LogP contribution in [-0.2, 0) is 0 Å². The average Bonchev–Trinajstić information content (AvgIpc) is 2.27. The fourth-order valence-electron chi connectivity index (χ4n) is 3.86. The van der Waals surface area contributed by atoms with Crippen LogP contribution in [0.1, 0.15) is 51.9 Å². The third-order valence-electron chi connectivity index (χ3n) is 5.14. The van der Waals surface area contributed by atoms with Crippen LogP contribution in [0.3, 0.4) is 0 Å². The van der Waals surface area contributed by atoms with Crippen LogP contribution in [0.25, 0.3) is 0 Å². The second kappa shape index (κ2) is 6.36. The Kier molecular flexibility index (Phi) is 5.05. The summed E-state index contributed by atoms with van der Waals surface area (Å²) in [5.41, 5.74) is 6.44. The SMILES string of the molecule is CC1CCCC(CN)(CN(CCO)C2CCC2)C1. The van der Waals surface area contributed by atoms with Gasteiger partial charge in [0, 0.05) is 19.1 Å².